The van der Waals surface area contributed by atoms with Gasteiger partial charge in [-0.05, 0) is 49.6 Å². The predicted molar refractivity (Wildman–Crippen MR) is 129 cm³/mol. The van der Waals surface area contributed by atoms with Gasteiger partial charge in [-0.25, -0.2) is 13.4 Å². The minimum Gasteiger partial charge on any atom is -0.493 e. The maximum atomic E-state index is 13.0. The summed E-state index contributed by atoms with van der Waals surface area (Å²) in [5, 5.41) is 4.48. The van der Waals surface area contributed by atoms with Gasteiger partial charge in [0, 0.05) is 13.2 Å². The van der Waals surface area contributed by atoms with Crippen LogP contribution >= 0.6 is 0 Å². The Hall–Kier alpha value is -3.73. The van der Waals surface area contributed by atoms with E-state index in [0.717, 1.165) is 0 Å². The van der Waals surface area contributed by atoms with E-state index in [1.807, 2.05) is 6.92 Å². The number of ether oxygens (including phenoxy) is 1. The van der Waals surface area contributed by atoms with Gasteiger partial charge in [-0.2, -0.15) is 5.10 Å². The molecule has 178 valence electrons. The van der Waals surface area contributed by atoms with Crippen molar-refractivity contribution in [3.05, 3.63) is 58.8 Å². The Morgan fingerprint density at radius 3 is 2.71 bits per heavy atom. The van der Waals surface area contributed by atoms with Crippen LogP contribution in [0.2, 0.25) is 0 Å². The van der Waals surface area contributed by atoms with Crippen LogP contribution in [0, 0.1) is 5.92 Å². The van der Waals surface area contributed by atoms with Gasteiger partial charge in [0.2, 0.25) is 0 Å². The summed E-state index contributed by atoms with van der Waals surface area (Å²) in [6, 6.07) is 7.67. The zero-order valence-corrected chi connectivity index (χ0v) is 20.2. The van der Waals surface area contributed by atoms with Crippen LogP contribution in [0.15, 0.2) is 52.4 Å². The summed E-state index contributed by atoms with van der Waals surface area (Å²) in [4.78, 5) is 24.3. The standard InChI is InChI=1S/C23H26N6O4S/c1-5-33-19-9-8-16(34(31,32)28-15-7-6-10-24-13-15)12-17(19)22-25-20-18(11-14(2)3)27-29(4)21(20)23(30)26-22/h6-10,12-14,28H,5,11H2,1-4H3,(H,25,26,30). The summed E-state index contributed by atoms with van der Waals surface area (Å²) in [7, 11) is -2.23. The van der Waals surface area contributed by atoms with E-state index >= 15 is 0 Å². The van der Waals surface area contributed by atoms with Crippen molar-refractivity contribution in [2.24, 2.45) is 13.0 Å². The molecule has 1 aromatic carbocycles. The van der Waals surface area contributed by atoms with Crippen molar-refractivity contribution in [1.82, 2.24) is 24.7 Å². The monoisotopic (exact) mass is 482 g/mol. The van der Waals surface area contributed by atoms with Gasteiger partial charge in [-0.15, -0.1) is 0 Å². The first-order chi connectivity index (χ1) is 16.2. The number of benzene rings is 1. The summed E-state index contributed by atoms with van der Waals surface area (Å²) in [6.07, 6.45) is 3.62. The number of fused-ring (bicyclic) bond motifs is 1. The normalized spacial score (nSPS) is 11.8. The van der Waals surface area contributed by atoms with Crippen molar-refractivity contribution >= 4 is 26.7 Å². The molecular weight excluding hydrogens is 456 g/mol. The number of hydrogen-bond donors (Lipinski definition) is 2. The first-order valence-electron chi connectivity index (χ1n) is 10.9. The van der Waals surface area contributed by atoms with Gasteiger partial charge < -0.3 is 9.72 Å². The van der Waals surface area contributed by atoms with Crippen LogP contribution in [0.25, 0.3) is 22.4 Å². The van der Waals surface area contributed by atoms with Crippen LogP contribution in [-0.2, 0) is 23.5 Å². The van der Waals surface area contributed by atoms with E-state index < -0.39 is 10.0 Å². The Kier molecular flexibility index (Phi) is 6.38. The van der Waals surface area contributed by atoms with Gasteiger partial charge in [-0.3, -0.25) is 19.2 Å². The van der Waals surface area contributed by atoms with E-state index in [0.29, 0.717) is 52.7 Å². The lowest BCUT2D eigenvalue weighted by molar-refractivity contribution is 0.341. The molecule has 4 aromatic rings. The number of aromatic nitrogens is 5. The highest BCUT2D eigenvalue weighted by Gasteiger charge is 2.21. The Morgan fingerprint density at radius 2 is 2.03 bits per heavy atom. The highest BCUT2D eigenvalue weighted by atomic mass is 32.2. The fraction of sp³-hybridized carbons (Fsp3) is 0.304. The molecule has 0 saturated carbocycles. The number of sulfonamides is 1. The highest BCUT2D eigenvalue weighted by molar-refractivity contribution is 7.92. The minimum atomic E-state index is -3.93. The second kappa shape index (κ2) is 9.26. The van der Waals surface area contributed by atoms with Crippen molar-refractivity contribution < 1.29 is 13.2 Å². The summed E-state index contributed by atoms with van der Waals surface area (Å²) >= 11 is 0. The summed E-state index contributed by atoms with van der Waals surface area (Å²) < 4.78 is 35.8. The third-order valence-corrected chi connectivity index (χ3v) is 6.47. The van der Waals surface area contributed by atoms with Gasteiger partial charge in [0.15, 0.2) is 5.52 Å². The van der Waals surface area contributed by atoms with Crippen LogP contribution < -0.4 is 15.0 Å². The molecule has 0 spiro atoms. The molecule has 0 aliphatic heterocycles. The molecule has 11 heteroatoms. The fourth-order valence-corrected chi connectivity index (χ4v) is 4.75. The van der Waals surface area contributed by atoms with Crippen LogP contribution in [-0.4, -0.2) is 39.8 Å². The number of aryl methyl sites for hydroxylation is 1. The average Bonchev–Trinajstić information content (AvgIpc) is 3.09. The van der Waals surface area contributed by atoms with E-state index in [1.54, 1.807) is 31.4 Å². The summed E-state index contributed by atoms with van der Waals surface area (Å²) in [5.74, 6) is 0.922. The van der Waals surface area contributed by atoms with Crippen molar-refractivity contribution in [3.8, 4) is 17.1 Å². The van der Waals surface area contributed by atoms with E-state index in [1.165, 1.54) is 23.0 Å². The van der Waals surface area contributed by atoms with Crippen LogP contribution in [0.4, 0.5) is 5.69 Å². The number of nitrogens with one attached hydrogen (secondary N) is 2. The summed E-state index contributed by atoms with van der Waals surface area (Å²) in [5.41, 5.74) is 1.88. The second-order valence-corrected chi connectivity index (χ2v) is 9.90. The smallest absolute Gasteiger partial charge is 0.277 e. The van der Waals surface area contributed by atoms with Crippen molar-refractivity contribution in [2.45, 2.75) is 32.1 Å². The SMILES string of the molecule is CCOc1ccc(S(=O)(=O)Nc2cccnc2)cc1-c1nc2c(CC(C)C)nn(C)c2c(=O)[nH]1. The Bertz CT molecular complexity index is 1490. The molecule has 0 radical (unpaired) electrons. The minimum absolute atomic E-state index is 0.00820. The fourth-order valence-electron chi connectivity index (χ4n) is 3.68. The lowest BCUT2D eigenvalue weighted by Gasteiger charge is -2.13. The van der Waals surface area contributed by atoms with Crippen LogP contribution in [0.5, 0.6) is 5.75 Å². The molecule has 0 unspecified atom stereocenters. The molecule has 4 rings (SSSR count). The number of H-pyrrole nitrogens is 1. The average molecular weight is 483 g/mol. The Morgan fingerprint density at radius 1 is 1.24 bits per heavy atom. The molecule has 2 N–H and O–H groups in total. The van der Waals surface area contributed by atoms with Crippen LogP contribution in [0.1, 0.15) is 26.5 Å². The largest absolute Gasteiger partial charge is 0.493 e. The molecule has 0 aliphatic rings. The quantitative estimate of drug-likeness (QED) is 0.394. The third-order valence-electron chi connectivity index (χ3n) is 5.09. The van der Waals surface area contributed by atoms with Gasteiger partial charge in [-0.1, -0.05) is 13.8 Å². The van der Waals surface area contributed by atoms with Crippen LogP contribution in [0.3, 0.4) is 0 Å². The molecule has 0 atom stereocenters. The Labute approximate surface area is 197 Å². The maximum Gasteiger partial charge on any atom is 0.277 e. The molecule has 10 nitrogen and oxygen atoms in total. The highest BCUT2D eigenvalue weighted by Crippen LogP contribution is 2.31. The maximum absolute atomic E-state index is 13.0. The van der Waals surface area contributed by atoms with Gasteiger partial charge >= 0.3 is 0 Å². The third kappa shape index (κ3) is 4.65. The molecule has 0 aliphatic carbocycles. The molecule has 0 fully saturated rings. The molecule has 0 saturated heterocycles. The molecule has 34 heavy (non-hydrogen) atoms. The Balaban J connectivity index is 1.87. The number of anilines is 1. The van der Waals surface area contributed by atoms with Gasteiger partial charge in [0.25, 0.3) is 15.6 Å². The van der Waals surface area contributed by atoms with E-state index in [2.05, 4.69) is 38.6 Å². The van der Waals surface area contributed by atoms with Crippen molar-refractivity contribution in [1.29, 1.82) is 0 Å². The predicted octanol–water partition coefficient (Wildman–Crippen LogP) is 3.12. The zero-order valence-electron chi connectivity index (χ0n) is 19.4. The molecular formula is C23H26N6O4S. The molecule has 0 bridgehead atoms. The second-order valence-electron chi connectivity index (χ2n) is 8.22. The molecule has 3 aromatic heterocycles. The number of pyridine rings is 1. The lowest BCUT2D eigenvalue weighted by atomic mass is 10.1. The first kappa shape index (κ1) is 23.4. The lowest BCUT2D eigenvalue weighted by Crippen LogP contribution is -2.15. The van der Waals surface area contributed by atoms with Gasteiger partial charge in [0.05, 0.1) is 34.6 Å². The van der Waals surface area contributed by atoms with E-state index in [-0.39, 0.29) is 16.3 Å². The number of hydrogen-bond acceptors (Lipinski definition) is 7. The van der Waals surface area contributed by atoms with Gasteiger partial charge in [0.1, 0.15) is 17.1 Å². The number of aromatic amines is 1. The van der Waals surface area contributed by atoms with E-state index in [9.17, 15) is 13.2 Å². The number of nitrogens with zero attached hydrogens (tertiary/aromatic N) is 4. The zero-order chi connectivity index (χ0) is 24.5. The number of rotatable bonds is 8. The summed E-state index contributed by atoms with van der Waals surface area (Å²) in [6.45, 7) is 6.29. The first-order valence-corrected chi connectivity index (χ1v) is 12.3. The van der Waals surface area contributed by atoms with Crippen molar-refractivity contribution in [2.75, 3.05) is 11.3 Å². The topological polar surface area (TPSA) is 132 Å². The molecule has 0 amide bonds. The van der Waals surface area contributed by atoms with E-state index in [4.69, 9.17) is 4.74 Å². The molecule has 3 heterocycles. The van der Waals surface area contributed by atoms with Crippen molar-refractivity contribution in [3.63, 3.8) is 0 Å².